The van der Waals surface area contributed by atoms with Crippen molar-refractivity contribution in [2.24, 2.45) is 0 Å². The third-order valence-corrected chi connectivity index (χ3v) is 2.40. The number of carboxylic acids is 1. The van der Waals surface area contributed by atoms with Crippen molar-refractivity contribution in [1.82, 2.24) is 9.97 Å². The van der Waals surface area contributed by atoms with Crippen molar-refractivity contribution in [3.8, 4) is 0 Å². The van der Waals surface area contributed by atoms with Gasteiger partial charge < -0.3 is 10.4 Å². The molecule has 0 amide bonds. The molecule has 88 valence electrons. The highest BCUT2D eigenvalue weighted by atomic mass is 16.4. The molecule has 0 aliphatic carbocycles. The lowest BCUT2D eigenvalue weighted by molar-refractivity contribution is -0.142. The fraction of sp³-hybridized carbons (Fsp3) is 0.545. The summed E-state index contributed by atoms with van der Waals surface area (Å²) in [4.78, 5) is 19.3. The van der Waals surface area contributed by atoms with Crippen LogP contribution in [0.2, 0.25) is 0 Å². The van der Waals surface area contributed by atoms with Crippen LogP contribution in [0.25, 0.3) is 0 Å². The zero-order valence-electron chi connectivity index (χ0n) is 9.82. The molecule has 1 unspecified atom stereocenters. The van der Waals surface area contributed by atoms with E-state index in [1.54, 1.807) is 26.1 Å². The second-order valence-corrected chi connectivity index (χ2v) is 4.00. The molecule has 2 N–H and O–H groups in total. The van der Waals surface area contributed by atoms with Gasteiger partial charge >= 0.3 is 5.97 Å². The van der Waals surface area contributed by atoms with Crippen molar-refractivity contribution in [1.29, 1.82) is 0 Å². The van der Waals surface area contributed by atoms with Crippen molar-refractivity contribution in [2.45, 2.75) is 39.2 Å². The van der Waals surface area contributed by atoms with Crippen LogP contribution in [0.1, 0.15) is 32.5 Å². The Labute approximate surface area is 94.9 Å². The van der Waals surface area contributed by atoms with Crippen LogP contribution in [0.4, 0.5) is 5.82 Å². The molecule has 0 aliphatic rings. The van der Waals surface area contributed by atoms with E-state index >= 15 is 0 Å². The predicted molar refractivity (Wildman–Crippen MR) is 61.3 cm³/mol. The summed E-state index contributed by atoms with van der Waals surface area (Å²) in [7, 11) is 0. The van der Waals surface area contributed by atoms with Crippen molar-refractivity contribution in [3.05, 3.63) is 18.1 Å². The molecule has 0 aliphatic heterocycles. The summed E-state index contributed by atoms with van der Waals surface area (Å²) in [5.74, 6) is 0.297. The van der Waals surface area contributed by atoms with Crippen LogP contribution >= 0.6 is 0 Å². The number of hydrogen-bond acceptors (Lipinski definition) is 4. The minimum absolute atomic E-state index is 0.547. The van der Waals surface area contributed by atoms with Crippen LogP contribution < -0.4 is 5.32 Å². The number of anilines is 1. The number of aromatic nitrogens is 2. The normalized spacial score (nSPS) is 14.2. The summed E-state index contributed by atoms with van der Waals surface area (Å²) in [6.45, 7) is 5.38. The van der Waals surface area contributed by atoms with Crippen LogP contribution in [0.5, 0.6) is 0 Å². The number of nitrogens with one attached hydrogen (secondary N) is 1. The molecule has 0 saturated heterocycles. The Bertz CT molecular complexity index is 381. The predicted octanol–water partition coefficient (Wildman–Crippen LogP) is 1.84. The topological polar surface area (TPSA) is 75.1 Å². The highest BCUT2D eigenvalue weighted by molar-refractivity contribution is 5.81. The third-order valence-electron chi connectivity index (χ3n) is 2.40. The van der Waals surface area contributed by atoms with Crippen LogP contribution in [-0.2, 0) is 4.79 Å². The molecule has 5 nitrogen and oxygen atoms in total. The molecule has 1 aromatic rings. The number of nitrogens with zero attached hydrogens (tertiary/aromatic N) is 2. The first-order chi connectivity index (χ1) is 7.48. The average Bonchev–Trinajstić information content (AvgIpc) is 2.17. The summed E-state index contributed by atoms with van der Waals surface area (Å²) < 4.78 is 0. The molecule has 1 heterocycles. The van der Waals surface area contributed by atoms with Gasteiger partial charge in [-0.1, -0.05) is 13.3 Å². The van der Waals surface area contributed by atoms with Crippen molar-refractivity contribution < 1.29 is 9.90 Å². The summed E-state index contributed by atoms with van der Waals surface area (Å²) in [6.07, 6.45) is 2.95. The van der Waals surface area contributed by atoms with Gasteiger partial charge in [0.2, 0.25) is 0 Å². The van der Waals surface area contributed by atoms with Gasteiger partial charge in [-0.2, -0.15) is 0 Å². The maximum absolute atomic E-state index is 11.2. The van der Waals surface area contributed by atoms with E-state index in [-0.39, 0.29) is 0 Å². The number of carboxylic acid groups (broad SMARTS) is 1. The lowest BCUT2D eigenvalue weighted by Gasteiger charge is -2.26. The first-order valence-corrected chi connectivity index (χ1v) is 5.29. The molecule has 0 fully saturated rings. The fourth-order valence-electron chi connectivity index (χ4n) is 1.53. The highest BCUT2D eigenvalue weighted by Crippen LogP contribution is 2.18. The van der Waals surface area contributed by atoms with Crippen LogP contribution in [0, 0.1) is 6.92 Å². The lowest BCUT2D eigenvalue weighted by Crippen LogP contribution is -2.43. The van der Waals surface area contributed by atoms with E-state index in [2.05, 4.69) is 15.3 Å². The van der Waals surface area contributed by atoms with Gasteiger partial charge in [-0.15, -0.1) is 0 Å². The van der Waals surface area contributed by atoms with Crippen LogP contribution in [0.3, 0.4) is 0 Å². The van der Waals surface area contributed by atoms with E-state index in [1.807, 2.05) is 6.92 Å². The van der Waals surface area contributed by atoms with Crippen molar-refractivity contribution >= 4 is 11.8 Å². The Morgan fingerprint density at radius 3 is 2.81 bits per heavy atom. The largest absolute Gasteiger partial charge is 0.480 e. The van der Waals surface area contributed by atoms with E-state index in [0.717, 1.165) is 6.42 Å². The molecule has 1 aromatic heterocycles. The zero-order chi connectivity index (χ0) is 12.2. The fourth-order valence-corrected chi connectivity index (χ4v) is 1.53. The number of hydrogen-bond donors (Lipinski definition) is 2. The standard InChI is InChI=1S/C11H17N3O2/c1-4-6-11(3,10(15)16)14-9-5-7-12-8(2)13-9/h5,7H,4,6H2,1-3H3,(H,15,16)(H,12,13,14). The molecule has 16 heavy (non-hydrogen) atoms. The second kappa shape index (κ2) is 4.92. The number of aryl methyl sites for hydroxylation is 1. The molecule has 1 atom stereocenters. The van der Waals surface area contributed by atoms with Gasteiger partial charge in [-0.3, -0.25) is 0 Å². The minimum atomic E-state index is -0.977. The number of carbonyl (C=O) groups is 1. The van der Waals surface area contributed by atoms with E-state index < -0.39 is 11.5 Å². The minimum Gasteiger partial charge on any atom is -0.480 e. The van der Waals surface area contributed by atoms with Gasteiger partial charge in [-0.25, -0.2) is 14.8 Å². The van der Waals surface area contributed by atoms with Gasteiger partial charge in [0.1, 0.15) is 17.2 Å². The Kier molecular flexibility index (Phi) is 3.82. The molecule has 0 saturated carbocycles. The van der Waals surface area contributed by atoms with Gasteiger partial charge in [0.15, 0.2) is 0 Å². The Balaban J connectivity index is 2.87. The quantitative estimate of drug-likeness (QED) is 0.796. The molecule has 0 spiro atoms. The molecular weight excluding hydrogens is 206 g/mol. The maximum Gasteiger partial charge on any atom is 0.329 e. The molecule has 5 heteroatoms. The first kappa shape index (κ1) is 12.4. The van der Waals surface area contributed by atoms with Crippen LogP contribution in [0.15, 0.2) is 12.3 Å². The van der Waals surface area contributed by atoms with Gasteiger partial charge in [0.05, 0.1) is 0 Å². The lowest BCUT2D eigenvalue weighted by atomic mass is 9.96. The van der Waals surface area contributed by atoms with Gasteiger partial charge in [0, 0.05) is 6.20 Å². The summed E-state index contributed by atoms with van der Waals surface area (Å²) >= 11 is 0. The molecule has 1 rings (SSSR count). The second-order valence-electron chi connectivity index (χ2n) is 4.00. The SMILES string of the molecule is CCCC(C)(Nc1ccnc(C)n1)C(=O)O. The van der Waals surface area contributed by atoms with E-state index in [9.17, 15) is 9.90 Å². The zero-order valence-corrected chi connectivity index (χ0v) is 9.82. The Hall–Kier alpha value is -1.65. The molecule has 0 bridgehead atoms. The maximum atomic E-state index is 11.2. The van der Waals surface area contributed by atoms with Gasteiger partial charge in [0.25, 0.3) is 0 Å². The van der Waals surface area contributed by atoms with E-state index in [1.165, 1.54) is 0 Å². The summed E-state index contributed by atoms with van der Waals surface area (Å²) in [6, 6.07) is 1.67. The van der Waals surface area contributed by atoms with Crippen LogP contribution in [-0.4, -0.2) is 26.6 Å². The first-order valence-electron chi connectivity index (χ1n) is 5.29. The van der Waals surface area contributed by atoms with E-state index in [4.69, 9.17) is 0 Å². The van der Waals surface area contributed by atoms with Crippen molar-refractivity contribution in [3.63, 3.8) is 0 Å². The number of aliphatic carboxylic acids is 1. The van der Waals surface area contributed by atoms with Gasteiger partial charge in [-0.05, 0) is 26.3 Å². The molecule has 0 radical (unpaired) electrons. The molecule has 0 aromatic carbocycles. The van der Waals surface area contributed by atoms with E-state index in [0.29, 0.717) is 18.1 Å². The Morgan fingerprint density at radius 2 is 2.31 bits per heavy atom. The third kappa shape index (κ3) is 2.92. The molecular formula is C11H17N3O2. The average molecular weight is 223 g/mol. The number of rotatable bonds is 5. The highest BCUT2D eigenvalue weighted by Gasteiger charge is 2.32. The summed E-state index contributed by atoms with van der Waals surface area (Å²) in [5.41, 5.74) is -0.977. The van der Waals surface area contributed by atoms with Crippen molar-refractivity contribution in [2.75, 3.05) is 5.32 Å². The smallest absolute Gasteiger partial charge is 0.329 e. The monoisotopic (exact) mass is 223 g/mol. The summed E-state index contributed by atoms with van der Waals surface area (Å²) in [5, 5.41) is 12.1. The Morgan fingerprint density at radius 1 is 1.62 bits per heavy atom.